The Hall–Kier alpha value is -2.86. The van der Waals surface area contributed by atoms with Crippen molar-refractivity contribution in [2.24, 2.45) is 0 Å². The summed E-state index contributed by atoms with van der Waals surface area (Å²) in [6.07, 6.45) is 0. The van der Waals surface area contributed by atoms with Crippen LogP contribution in [-0.4, -0.2) is 15.5 Å². The third-order valence-corrected chi connectivity index (χ3v) is 6.25. The van der Waals surface area contributed by atoms with Gasteiger partial charge in [0.05, 0.1) is 24.2 Å². The van der Waals surface area contributed by atoms with Crippen LogP contribution in [0.3, 0.4) is 0 Å². The van der Waals surface area contributed by atoms with Gasteiger partial charge in [-0.2, -0.15) is 0 Å². The molecule has 3 aromatic rings. The van der Waals surface area contributed by atoms with Gasteiger partial charge in [0.25, 0.3) is 10.0 Å². The van der Waals surface area contributed by atoms with Crippen molar-refractivity contribution in [1.29, 1.82) is 0 Å². The molecule has 6 heteroatoms. The predicted molar refractivity (Wildman–Crippen MR) is 109 cm³/mol. The largest absolute Gasteiger partial charge is 0.497 e. The fraction of sp³-hybridized carbons (Fsp3) is 0.182. The molecule has 146 valence electrons. The van der Waals surface area contributed by atoms with Crippen molar-refractivity contribution in [1.82, 2.24) is 0 Å². The van der Waals surface area contributed by atoms with E-state index in [0.717, 1.165) is 17.2 Å². The second-order valence-corrected chi connectivity index (χ2v) is 8.48. The summed E-state index contributed by atoms with van der Waals surface area (Å²) >= 11 is 0. The SMILES string of the molecule is COc1cccc(N(Cc2cccc(C)c2)S(=O)(=O)c2ccc(C)c(F)c2)c1. The maximum atomic E-state index is 14.1. The topological polar surface area (TPSA) is 46.6 Å². The lowest BCUT2D eigenvalue weighted by Crippen LogP contribution is -2.30. The van der Waals surface area contributed by atoms with Gasteiger partial charge in [-0.3, -0.25) is 4.31 Å². The molecule has 0 N–H and O–H groups in total. The minimum atomic E-state index is -3.99. The highest BCUT2D eigenvalue weighted by atomic mass is 32.2. The Morgan fingerprint density at radius 1 is 0.964 bits per heavy atom. The van der Waals surface area contributed by atoms with Gasteiger partial charge in [-0.1, -0.05) is 42.0 Å². The van der Waals surface area contributed by atoms with Gasteiger partial charge >= 0.3 is 0 Å². The van der Waals surface area contributed by atoms with Crippen LogP contribution in [0.25, 0.3) is 0 Å². The number of sulfonamides is 1. The number of hydrogen-bond acceptors (Lipinski definition) is 3. The van der Waals surface area contributed by atoms with Crippen molar-refractivity contribution in [3.63, 3.8) is 0 Å². The Kier molecular flexibility index (Phi) is 5.70. The van der Waals surface area contributed by atoms with Gasteiger partial charge in [0, 0.05) is 6.07 Å². The first kappa shape index (κ1) is 19.9. The Morgan fingerprint density at radius 3 is 2.39 bits per heavy atom. The molecule has 0 fully saturated rings. The summed E-state index contributed by atoms with van der Waals surface area (Å²) in [6, 6.07) is 18.4. The number of methoxy groups -OCH3 is 1. The highest BCUT2D eigenvalue weighted by molar-refractivity contribution is 7.92. The lowest BCUT2D eigenvalue weighted by atomic mass is 10.1. The molecule has 0 aliphatic carbocycles. The quantitative estimate of drug-likeness (QED) is 0.595. The van der Waals surface area contributed by atoms with E-state index in [1.54, 1.807) is 31.2 Å². The van der Waals surface area contributed by atoms with Crippen LogP contribution in [0.4, 0.5) is 10.1 Å². The molecule has 0 spiro atoms. The second kappa shape index (κ2) is 8.02. The first-order valence-electron chi connectivity index (χ1n) is 8.80. The van der Waals surface area contributed by atoms with Gasteiger partial charge in [-0.05, 0) is 49.2 Å². The normalized spacial score (nSPS) is 11.3. The fourth-order valence-electron chi connectivity index (χ4n) is 2.92. The number of rotatable bonds is 6. The number of hydrogen-bond donors (Lipinski definition) is 0. The molecule has 4 nitrogen and oxygen atoms in total. The van der Waals surface area contributed by atoms with Crippen molar-refractivity contribution in [2.45, 2.75) is 25.3 Å². The molecule has 28 heavy (non-hydrogen) atoms. The summed E-state index contributed by atoms with van der Waals surface area (Å²) in [6.45, 7) is 3.66. The highest BCUT2D eigenvalue weighted by Crippen LogP contribution is 2.29. The summed E-state index contributed by atoms with van der Waals surface area (Å²) in [4.78, 5) is -0.0916. The molecule has 0 unspecified atom stereocenters. The van der Waals surface area contributed by atoms with Gasteiger partial charge in [0.2, 0.25) is 0 Å². The summed E-state index contributed by atoms with van der Waals surface area (Å²) in [5.41, 5.74) is 2.70. The van der Waals surface area contributed by atoms with E-state index in [1.807, 2.05) is 31.2 Å². The molecule has 0 aliphatic rings. The molecular weight excluding hydrogens is 377 g/mol. The number of anilines is 1. The molecule has 0 heterocycles. The summed E-state index contributed by atoms with van der Waals surface area (Å²) < 4.78 is 47.4. The van der Waals surface area contributed by atoms with Crippen LogP contribution in [0.15, 0.2) is 71.6 Å². The Morgan fingerprint density at radius 2 is 1.71 bits per heavy atom. The van der Waals surface area contributed by atoms with E-state index in [4.69, 9.17) is 4.74 Å². The molecule has 0 atom stereocenters. The Balaban J connectivity index is 2.12. The maximum Gasteiger partial charge on any atom is 0.264 e. The van der Waals surface area contributed by atoms with Crippen molar-refractivity contribution < 1.29 is 17.5 Å². The molecular formula is C22H22FNO3S. The van der Waals surface area contributed by atoms with E-state index in [0.29, 0.717) is 17.0 Å². The highest BCUT2D eigenvalue weighted by Gasteiger charge is 2.26. The molecule has 0 saturated carbocycles. The van der Waals surface area contributed by atoms with Crippen LogP contribution in [0, 0.1) is 19.7 Å². The molecule has 0 aromatic heterocycles. The van der Waals surface area contributed by atoms with Gasteiger partial charge in [-0.15, -0.1) is 0 Å². The van der Waals surface area contributed by atoms with Crippen molar-refractivity contribution in [3.05, 3.63) is 89.2 Å². The van der Waals surface area contributed by atoms with E-state index in [1.165, 1.54) is 23.5 Å². The van der Waals surface area contributed by atoms with Gasteiger partial charge < -0.3 is 4.74 Å². The first-order valence-corrected chi connectivity index (χ1v) is 10.2. The van der Waals surface area contributed by atoms with E-state index in [-0.39, 0.29) is 11.4 Å². The van der Waals surface area contributed by atoms with E-state index >= 15 is 0 Å². The molecule has 3 aromatic carbocycles. The molecule has 0 amide bonds. The number of benzene rings is 3. The van der Waals surface area contributed by atoms with Crippen LogP contribution in [0.2, 0.25) is 0 Å². The lowest BCUT2D eigenvalue weighted by Gasteiger charge is -2.25. The van der Waals surface area contributed by atoms with Crippen LogP contribution in [-0.2, 0) is 16.6 Å². The summed E-state index contributed by atoms with van der Waals surface area (Å²) in [5.74, 6) is -0.0146. The minimum Gasteiger partial charge on any atom is -0.497 e. The van der Waals surface area contributed by atoms with Crippen LogP contribution in [0.1, 0.15) is 16.7 Å². The second-order valence-electron chi connectivity index (χ2n) is 6.61. The average Bonchev–Trinajstić information content (AvgIpc) is 2.68. The summed E-state index contributed by atoms with van der Waals surface area (Å²) in [5, 5.41) is 0. The molecule has 0 radical (unpaired) electrons. The van der Waals surface area contributed by atoms with Crippen LogP contribution >= 0.6 is 0 Å². The zero-order chi connectivity index (χ0) is 20.3. The molecule has 3 rings (SSSR count). The third-order valence-electron chi connectivity index (χ3n) is 4.48. The predicted octanol–water partition coefficient (Wildman–Crippen LogP) is 4.85. The van der Waals surface area contributed by atoms with Crippen LogP contribution < -0.4 is 9.04 Å². The zero-order valence-electron chi connectivity index (χ0n) is 16.0. The van der Waals surface area contributed by atoms with Crippen LogP contribution in [0.5, 0.6) is 5.75 Å². The van der Waals surface area contributed by atoms with Crippen molar-refractivity contribution in [3.8, 4) is 5.75 Å². The van der Waals surface area contributed by atoms with E-state index in [2.05, 4.69) is 0 Å². The van der Waals surface area contributed by atoms with Gasteiger partial charge in [-0.25, -0.2) is 12.8 Å². The zero-order valence-corrected chi connectivity index (χ0v) is 16.8. The maximum absolute atomic E-state index is 14.1. The van der Waals surface area contributed by atoms with Gasteiger partial charge in [0.1, 0.15) is 11.6 Å². The van der Waals surface area contributed by atoms with Gasteiger partial charge in [0.15, 0.2) is 0 Å². The monoisotopic (exact) mass is 399 g/mol. The molecule has 0 aliphatic heterocycles. The molecule has 0 bridgehead atoms. The Bertz CT molecular complexity index is 1100. The number of halogens is 1. The number of aryl methyl sites for hydroxylation is 2. The van der Waals surface area contributed by atoms with Crippen molar-refractivity contribution >= 4 is 15.7 Å². The average molecular weight is 399 g/mol. The Labute approximate surface area is 165 Å². The number of nitrogens with zero attached hydrogens (tertiary/aromatic N) is 1. The standard InChI is InChI=1S/C22H22FNO3S/c1-16-6-4-7-18(12-16)15-24(19-8-5-9-20(13-19)27-3)28(25,26)21-11-10-17(2)22(23)14-21/h4-14H,15H2,1-3H3. The first-order chi connectivity index (χ1) is 13.3. The fourth-order valence-corrected chi connectivity index (χ4v) is 4.38. The smallest absolute Gasteiger partial charge is 0.264 e. The summed E-state index contributed by atoms with van der Waals surface area (Å²) in [7, 11) is -2.47. The van der Waals surface area contributed by atoms with E-state index < -0.39 is 15.8 Å². The van der Waals surface area contributed by atoms with E-state index in [9.17, 15) is 12.8 Å². The third kappa shape index (κ3) is 4.17. The number of ether oxygens (including phenoxy) is 1. The van der Waals surface area contributed by atoms with Crippen molar-refractivity contribution in [2.75, 3.05) is 11.4 Å². The molecule has 0 saturated heterocycles. The minimum absolute atomic E-state index is 0.0916. The lowest BCUT2D eigenvalue weighted by molar-refractivity contribution is 0.415.